The normalized spacial score (nSPS) is 17.0. The molecule has 0 aliphatic carbocycles. The molecular formula is C29H25ClN2O5. The van der Waals surface area contributed by atoms with Crippen molar-refractivity contribution in [3.63, 3.8) is 0 Å². The van der Waals surface area contributed by atoms with Crippen LogP contribution in [0.3, 0.4) is 0 Å². The summed E-state index contributed by atoms with van der Waals surface area (Å²) in [4.78, 5) is 31.7. The number of aromatic nitrogens is 1. The minimum atomic E-state index is -0.905. The lowest BCUT2D eigenvalue weighted by Crippen LogP contribution is -2.29. The Labute approximate surface area is 218 Å². The van der Waals surface area contributed by atoms with Gasteiger partial charge in [0.05, 0.1) is 35.9 Å². The van der Waals surface area contributed by atoms with Gasteiger partial charge in [0, 0.05) is 28.4 Å². The van der Waals surface area contributed by atoms with Crippen molar-refractivity contribution in [3.8, 4) is 11.5 Å². The fourth-order valence-corrected chi connectivity index (χ4v) is 5.19. The van der Waals surface area contributed by atoms with Crippen LogP contribution in [0.4, 0.5) is 5.69 Å². The fourth-order valence-electron chi connectivity index (χ4n) is 4.84. The number of aliphatic hydroxyl groups is 1. The van der Waals surface area contributed by atoms with Gasteiger partial charge in [0.15, 0.2) is 0 Å². The number of aromatic amines is 1. The van der Waals surface area contributed by atoms with Crippen LogP contribution in [0, 0.1) is 6.92 Å². The number of benzene rings is 3. The number of rotatable bonds is 6. The lowest BCUT2D eigenvalue weighted by atomic mass is 9.94. The van der Waals surface area contributed by atoms with Gasteiger partial charge in [-0.2, -0.15) is 0 Å². The van der Waals surface area contributed by atoms with E-state index in [2.05, 4.69) is 4.98 Å². The second-order valence-corrected chi connectivity index (χ2v) is 9.12. The predicted molar refractivity (Wildman–Crippen MR) is 143 cm³/mol. The van der Waals surface area contributed by atoms with Crippen molar-refractivity contribution in [1.82, 2.24) is 4.98 Å². The topological polar surface area (TPSA) is 91.9 Å². The molecule has 37 heavy (non-hydrogen) atoms. The second kappa shape index (κ2) is 9.67. The monoisotopic (exact) mass is 516 g/mol. The number of nitrogens with one attached hydrogen (secondary N) is 1. The number of carbonyl (C=O) groups is 2. The van der Waals surface area contributed by atoms with Crippen LogP contribution in [0.15, 0.2) is 72.4 Å². The van der Waals surface area contributed by atoms with Crippen LogP contribution in [0.25, 0.3) is 16.7 Å². The Morgan fingerprint density at radius 1 is 1.11 bits per heavy atom. The zero-order valence-corrected chi connectivity index (χ0v) is 21.3. The van der Waals surface area contributed by atoms with Gasteiger partial charge in [0.1, 0.15) is 17.3 Å². The molecule has 1 aliphatic heterocycles. The van der Waals surface area contributed by atoms with E-state index in [-0.39, 0.29) is 27.7 Å². The molecule has 0 bridgehead atoms. The number of carbonyl (C=O) groups excluding carboxylic acids is 2. The Hall–Kier alpha value is -4.23. The standard InChI is InChI=1S/C29H25ClN2O5/c1-4-37-18-11-9-17(10-12-18)32-25(21-15-31-23-8-6-5-7-19(21)23)24(27(34)29(32)35)26(33)20-13-16(2)14-22(30)28(20)36-3/h5-15,25,31,33H,4H2,1-3H3/b26-24+. The van der Waals surface area contributed by atoms with Crippen molar-refractivity contribution in [2.24, 2.45) is 0 Å². The molecule has 5 rings (SSSR count). The molecule has 2 heterocycles. The van der Waals surface area contributed by atoms with Crippen LogP contribution in [-0.4, -0.2) is 35.5 Å². The number of ketones is 1. The lowest BCUT2D eigenvalue weighted by Gasteiger charge is -2.25. The maximum Gasteiger partial charge on any atom is 0.300 e. The summed E-state index contributed by atoms with van der Waals surface area (Å²) in [6, 6.07) is 17.0. The van der Waals surface area contributed by atoms with E-state index < -0.39 is 17.7 Å². The Morgan fingerprint density at radius 2 is 1.84 bits per heavy atom. The Bertz CT molecular complexity index is 1550. The van der Waals surface area contributed by atoms with E-state index in [0.29, 0.717) is 23.6 Å². The number of aliphatic hydroxyl groups excluding tert-OH is 1. The first kappa shape index (κ1) is 24.5. The van der Waals surface area contributed by atoms with Gasteiger partial charge < -0.3 is 19.6 Å². The number of nitrogens with zero attached hydrogens (tertiary/aromatic N) is 1. The molecular weight excluding hydrogens is 492 g/mol. The number of H-pyrrole nitrogens is 1. The molecule has 7 nitrogen and oxygen atoms in total. The maximum atomic E-state index is 13.6. The number of anilines is 1. The molecule has 0 saturated carbocycles. The summed E-state index contributed by atoms with van der Waals surface area (Å²) >= 11 is 6.39. The van der Waals surface area contributed by atoms with E-state index in [1.165, 1.54) is 12.0 Å². The van der Waals surface area contributed by atoms with Crippen LogP contribution >= 0.6 is 11.6 Å². The highest BCUT2D eigenvalue weighted by Gasteiger charge is 2.48. The van der Waals surface area contributed by atoms with Crippen LogP contribution in [0.5, 0.6) is 11.5 Å². The number of fused-ring (bicyclic) bond motifs is 1. The van der Waals surface area contributed by atoms with Crippen molar-refractivity contribution < 1.29 is 24.2 Å². The molecule has 1 saturated heterocycles. The summed E-state index contributed by atoms with van der Waals surface area (Å²) in [7, 11) is 1.43. The van der Waals surface area contributed by atoms with Gasteiger partial charge in [-0.15, -0.1) is 0 Å². The number of ether oxygens (including phenoxy) is 2. The largest absolute Gasteiger partial charge is 0.507 e. The maximum absolute atomic E-state index is 13.6. The number of hydrogen-bond acceptors (Lipinski definition) is 5. The summed E-state index contributed by atoms with van der Waals surface area (Å²) in [5, 5.41) is 12.7. The molecule has 1 fully saturated rings. The molecule has 0 radical (unpaired) electrons. The SMILES string of the molecule is CCOc1ccc(N2C(=O)C(=O)/C(=C(/O)c3cc(C)cc(Cl)c3OC)C2c2c[nH]c3ccccc23)cc1. The van der Waals surface area contributed by atoms with Crippen molar-refractivity contribution >= 4 is 45.6 Å². The van der Waals surface area contributed by atoms with E-state index in [0.717, 1.165) is 16.5 Å². The van der Waals surface area contributed by atoms with Gasteiger partial charge >= 0.3 is 0 Å². The highest BCUT2D eigenvalue weighted by molar-refractivity contribution is 6.52. The summed E-state index contributed by atoms with van der Waals surface area (Å²) in [5.41, 5.74) is 2.95. The molecule has 1 aromatic heterocycles. The van der Waals surface area contributed by atoms with Crippen LogP contribution < -0.4 is 14.4 Å². The van der Waals surface area contributed by atoms with Crippen molar-refractivity contribution in [3.05, 3.63) is 94.1 Å². The first-order valence-electron chi connectivity index (χ1n) is 11.8. The summed E-state index contributed by atoms with van der Waals surface area (Å²) < 4.78 is 11.0. The van der Waals surface area contributed by atoms with Crippen LogP contribution in [0.1, 0.15) is 29.7 Å². The third kappa shape index (κ3) is 4.11. The summed E-state index contributed by atoms with van der Waals surface area (Å²) in [5.74, 6) is -1.05. The highest BCUT2D eigenvalue weighted by Crippen LogP contribution is 2.46. The molecule has 188 valence electrons. The average Bonchev–Trinajstić information content (AvgIpc) is 3.42. The van der Waals surface area contributed by atoms with Gasteiger partial charge in [0.2, 0.25) is 0 Å². The second-order valence-electron chi connectivity index (χ2n) is 8.71. The third-order valence-electron chi connectivity index (χ3n) is 6.43. The number of methoxy groups -OCH3 is 1. The molecule has 4 aromatic rings. The minimum absolute atomic E-state index is 0.0522. The predicted octanol–water partition coefficient (Wildman–Crippen LogP) is 6.16. The third-order valence-corrected chi connectivity index (χ3v) is 6.71. The smallest absolute Gasteiger partial charge is 0.300 e. The molecule has 1 atom stereocenters. The number of para-hydroxylation sites is 1. The van der Waals surface area contributed by atoms with Crippen molar-refractivity contribution in [2.75, 3.05) is 18.6 Å². The molecule has 3 aromatic carbocycles. The number of hydrogen-bond donors (Lipinski definition) is 2. The Kier molecular flexibility index (Phi) is 6.39. The number of Topliss-reactive ketones (excluding diaryl/α,β-unsaturated/α-hetero) is 1. The quantitative estimate of drug-likeness (QED) is 0.182. The Balaban J connectivity index is 1.77. The fraction of sp³-hybridized carbons (Fsp3) is 0.172. The van der Waals surface area contributed by atoms with Gasteiger partial charge in [-0.1, -0.05) is 29.8 Å². The molecule has 1 amide bonds. The summed E-state index contributed by atoms with van der Waals surface area (Å²) in [6.45, 7) is 4.20. The first-order valence-corrected chi connectivity index (χ1v) is 12.2. The minimum Gasteiger partial charge on any atom is -0.507 e. The highest BCUT2D eigenvalue weighted by atomic mass is 35.5. The Morgan fingerprint density at radius 3 is 2.54 bits per heavy atom. The number of halogens is 1. The van der Waals surface area contributed by atoms with E-state index in [1.807, 2.05) is 38.1 Å². The zero-order chi connectivity index (χ0) is 26.3. The zero-order valence-electron chi connectivity index (χ0n) is 20.5. The van der Waals surface area contributed by atoms with Crippen LogP contribution in [0.2, 0.25) is 5.02 Å². The average molecular weight is 517 g/mol. The van der Waals surface area contributed by atoms with E-state index >= 15 is 0 Å². The lowest BCUT2D eigenvalue weighted by molar-refractivity contribution is -0.132. The van der Waals surface area contributed by atoms with Crippen LogP contribution in [-0.2, 0) is 9.59 Å². The number of amides is 1. The van der Waals surface area contributed by atoms with Gasteiger partial charge in [-0.25, -0.2) is 0 Å². The molecule has 2 N–H and O–H groups in total. The summed E-state index contributed by atoms with van der Waals surface area (Å²) in [6.07, 6.45) is 1.76. The van der Waals surface area contributed by atoms with E-state index in [4.69, 9.17) is 21.1 Å². The van der Waals surface area contributed by atoms with Crippen molar-refractivity contribution in [1.29, 1.82) is 0 Å². The van der Waals surface area contributed by atoms with E-state index in [1.54, 1.807) is 42.6 Å². The van der Waals surface area contributed by atoms with Crippen molar-refractivity contribution in [2.45, 2.75) is 19.9 Å². The molecule has 1 aliphatic rings. The number of aryl methyl sites for hydroxylation is 1. The van der Waals surface area contributed by atoms with Gasteiger partial charge in [-0.05, 0) is 61.9 Å². The molecule has 1 unspecified atom stereocenters. The molecule has 0 spiro atoms. The molecule has 8 heteroatoms. The first-order chi connectivity index (χ1) is 17.8. The van der Waals surface area contributed by atoms with Gasteiger partial charge in [0.25, 0.3) is 11.7 Å². The van der Waals surface area contributed by atoms with E-state index in [9.17, 15) is 14.7 Å². The van der Waals surface area contributed by atoms with Gasteiger partial charge in [-0.3, -0.25) is 14.5 Å².